The third-order valence-electron chi connectivity index (χ3n) is 4.16. The van der Waals surface area contributed by atoms with Crippen LogP contribution in [0, 0.1) is 11.8 Å². The minimum Gasteiger partial charge on any atom is -0.377 e. The van der Waals surface area contributed by atoms with Crippen molar-refractivity contribution in [2.45, 2.75) is 19.4 Å². The highest BCUT2D eigenvalue weighted by molar-refractivity contribution is 5.82. The molecule has 0 N–H and O–H groups in total. The first-order valence-corrected chi connectivity index (χ1v) is 6.68. The topological polar surface area (TPSA) is 34.5 Å². The monoisotopic (exact) mass is 248 g/mol. The van der Waals surface area contributed by atoms with Crippen molar-refractivity contribution in [2.24, 2.45) is 18.9 Å². The average Bonchev–Trinajstić information content (AvgIpc) is 2.95. The van der Waals surface area contributed by atoms with Gasteiger partial charge < -0.3 is 14.2 Å². The summed E-state index contributed by atoms with van der Waals surface area (Å²) in [5.74, 6) is 1.14. The van der Waals surface area contributed by atoms with E-state index in [1.807, 2.05) is 24.2 Å². The van der Waals surface area contributed by atoms with Crippen molar-refractivity contribution in [1.29, 1.82) is 0 Å². The Morgan fingerprint density at radius 1 is 1.50 bits per heavy atom. The SMILES string of the molecule is C[C@@H]1C[C@H]1C(=O)N1CCOC[C@H]1c1cccn1C. The maximum absolute atomic E-state index is 12.4. The third-order valence-corrected chi connectivity index (χ3v) is 4.16. The number of hydrogen-bond donors (Lipinski definition) is 0. The van der Waals surface area contributed by atoms with Crippen LogP contribution in [0.15, 0.2) is 18.3 Å². The van der Waals surface area contributed by atoms with Gasteiger partial charge >= 0.3 is 0 Å². The molecule has 2 fully saturated rings. The summed E-state index contributed by atoms with van der Waals surface area (Å²) in [7, 11) is 2.02. The summed E-state index contributed by atoms with van der Waals surface area (Å²) in [6.45, 7) is 4.15. The first-order chi connectivity index (χ1) is 8.68. The van der Waals surface area contributed by atoms with Crippen molar-refractivity contribution in [3.8, 4) is 0 Å². The molecule has 1 aromatic heterocycles. The molecule has 0 unspecified atom stereocenters. The van der Waals surface area contributed by atoms with Gasteiger partial charge in [-0.2, -0.15) is 0 Å². The third kappa shape index (κ3) is 1.94. The number of ether oxygens (including phenoxy) is 1. The Hall–Kier alpha value is -1.29. The van der Waals surface area contributed by atoms with Gasteiger partial charge in [0.2, 0.25) is 5.91 Å². The van der Waals surface area contributed by atoms with Crippen molar-refractivity contribution in [3.63, 3.8) is 0 Å². The lowest BCUT2D eigenvalue weighted by Gasteiger charge is -2.36. The molecule has 3 rings (SSSR count). The van der Waals surface area contributed by atoms with Gasteiger partial charge in [0.1, 0.15) is 0 Å². The number of rotatable bonds is 2. The zero-order valence-corrected chi connectivity index (χ0v) is 11.0. The van der Waals surface area contributed by atoms with Crippen LogP contribution in [-0.2, 0) is 16.6 Å². The second-order valence-electron chi connectivity index (χ2n) is 5.49. The summed E-state index contributed by atoms with van der Waals surface area (Å²) in [5.41, 5.74) is 1.16. The Kier molecular flexibility index (Phi) is 2.90. The predicted molar refractivity (Wildman–Crippen MR) is 68.0 cm³/mol. The van der Waals surface area contributed by atoms with Crippen LogP contribution >= 0.6 is 0 Å². The van der Waals surface area contributed by atoms with Crippen molar-refractivity contribution >= 4 is 5.91 Å². The maximum Gasteiger partial charge on any atom is 0.226 e. The number of aryl methyl sites for hydroxylation is 1. The molecule has 18 heavy (non-hydrogen) atoms. The zero-order valence-electron chi connectivity index (χ0n) is 11.0. The summed E-state index contributed by atoms with van der Waals surface area (Å²) in [5, 5.41) is 0. The molecule has 4 heteroatoms. The van der Waals surface area contributed by atoms with E-state index in [0.717, 1.165) is 18.7 Å². The first-order valence-electron chi connectivity index (χ1n) is 6.68. The largest absolute Gasteiger partial charge is 0.377 e. The van der Waals surface area contributed by atoms with E-state index in [2.05, 4.69) is 17.6 Å². The van der Waals surface area contributed by atoms with Crippen molar-refractivity contribution in [2.75, 3.05) is 19.8 Å². The van der Waals surface area contributed by atoms with Gasteiger partial charge in [-0.15, -0.1) is 0 Å². The van der Waals surface area contributed by atoms with Gasteiger partial charge in [0.05, 0.1) is 19.3 Å². The molecule has 1 aliphatic heterocycles. The normalized spacial score (nSPS) is 31.4. The van der Waals surface area contributed by atoms with Crippen LogP contribution in [0.3, 0.4) is 0 Å². The lowest BCUT2D eigenvalue weighted by molar-refractivity contribution is -0.142. The van der Waals surface area contributed by atoms with Crippen LogP contribution < -0.4 is 0 Å². The van der Waals surface area contributed by atoms with Crippen LogP contribution in [0.2, 0.25) is 0 Å². The molecule has 0 aromatic carbocycles. The van der Waals surface area contributed by atoms with Gasteiger partial charge in [0.25, 0.3) is 0 Å². The van der Waals surface area contributed by atoms with Crippen LogP contribution in [0.1, 0.15) is 25.1 Å². The first kappa shape index (κ1) is 11.8. The second kappa shape index (κ2) is 4.43. The number of amides is 1. The van der Waals surface area contributed by atoms with Crippen LogP contribution in [0.4, 0.5) is 0 Å². The Bertz CT molecular complexity index is 454. The summed E-state index contributed by atoms with van der Waals surface area (Å²) in [6.07, 6.45) is 3.07. The molecule has 2 heterocycles. The Morgan fingerprint density at radius 2 is 2.28 bits per heavy atom. The van der Waals surface area contributed by atoms with Gasteiger partial charge in [-0.3, -0.25) is 4.79 Å². The van der Waals surface area contributed by atoms with E-state index in [4.69, 9.17) is 4.74 Å². The van der Waals surface area contributed by atoms with Crippen molar-refractivity contribution in [3.05, 3.63) is 24.0 Å². The van der Waals surface area contributed by atoms with E-state index in [9.17, 15) is 4.79 Å². The van der Waals surface area contributed by atoms with E-state index < -0.39 is 0 Å². The highest BCUT2D eigenvalue weighted by Crippen LogP contribution is 2.41. The smallest absolute Gasteiger partial charge is 0.226 e. The van der Waals surface area contributed by atoms with E-state index in [1.165, 1.54) is 0 Å². The minimum atomic E-state index is 0.0825. The van der Waals surface area contributed by atoms with Crippen LogP contribution in [-0.4, -0.2) is 35.1 Å². The minimum absolute atomic E-state index is 0.0825. The summed E-state index contributed by atoms with van der Waals surface area (Å²) in [4.78, 5) is 14.5. The molecule has 1 aromatic rings. The average molecular weight is 248 g/mol. The Labute approximate surface area is 108 Å². The molecule has 1 aliphatic carbocycles. The van der Waals surface area contributed by atoms with Gasteiger partial charge in [0, 0.05) is 31.4 Å². The van der Waals surface area contributed by atoms with E-state index >= 15 is 0 Å². The summed E-state index contributed by atoms with van der Waals surface area (Å²) in [6, 6.07) is 4.18. The maximum atomic E-state index is 12.4. The fourth-order valence-corrected chi connectivity index (χ4v) is 2.81. The summed E-state index contributed by atoms with van der Waals surface area (Å²) < 4.78 is 7.64. The number of carbonyl (C=O) groups is 1. The molecule has 1 saturated heterocycles. The summed E-state index contributed by atoms with van der Waals surface area (Å²) >= 11 is 0. The number of carbonyl (C=O) groups excluding carboxylic acids is 1. The zero-order chi connectivity index (χ0) is 12.7. The molecule has 0 radical (unpaired) electrons. The highest BCUT2D eigenvalue weighted by atomic mass is 16.5. The number of hydrogen-bond acceptors (Lipinski definition) is 2. The molecule has 0 spiro atoms. The van der Waals surface area contributed by atoms with Crippen LogP contribution in [0.5, 0.6) is 0 Å². The molecule has 1 saturated carbocycles. The van der Waals surface area contributed by atoms with Gasteiger partial charge in [0.15, 0.2) is 0 Å². The Morgan fingerprint density at radius 3 is 2.89 bits per heavy atom. The lowest BCUT2D eigenvalue weighted by atomic mass is 10.1. The number of aromatic nitrogens is 1. The Balaban J connectivity index is 1.82. The molecule has 1 amide bonds. The van der Waals surface area contributed by atoms with Gasteiger partial charge in [-0.05, 0) is 24.5 Å². The van der Waals surface area contributed by atoms with Crippen LogP contribution in [0.25, 0.3) is 0 Å². The molecular formula is C14H20N2O2. The fraction of sp³-hybridized carbons (Fsp3) is 0.643. The molecule has 3 atom stereocenters. The fourth-order valence-electron chi connectivity index (χ4n) is 2.81. The molecule has 0 bridgehead atoms. The molecular weight excluding hydrogens is 228 g/mol. The number of nitrogens with zero attached hydrogens (tertiary/aromatic N) is 2. The second-order valence-corrected chi connectivity index (χ2v) is 5.49. The van der Waals surface area contributed by atoms with E-state index in [0.29, 0.717) is 25.0 Å². The number of morpholine rings is 1. The van der Waals surface area contributed by atoms with E-state index in [1.54, 1.807) is 0 Å². The highest BCUT2D eigenvalue weighted by Gasteiger charge is 2.44. The quantitative estimate of drug-likeness (QED) is 0.796. The standard InChI is InChI=1S/C14H20N2O2/c1-10-8-11(10)14(17)16-6-7-18-9-13(16)12-4-3-5-15(12)2/h3-5,10-11,13H,6-9H2,1-2H3/t10-,11-,13+/m1/s1. The van der Waals surface area contributed by atoms with Crippen molar-refractivity contribution in [1.82, 2.24) is 9.47 Å². The molecule has 98 valence electrons. The predicted octanol–water partition coefficient (Wildman–Crippen LogP) is 1.58. The molecule has 2 aliphatic rings. The molecule has 4 nitrogen and oxygen atoms in total. The van der Waals surface area contributed by atoms with Gasteiger partial charge in [-0.1, -0.05) is 6.92 Å². The van der Waals surface area contributed by atoms with Gasteiger partial charge in [-0.25, -0.2) is 0 Å². The van der Waals surface area contributed by atoms with E-state index in [-0.39, 0.29) is 12.0 Å². The van der Waals surface area contributed by atoms with Crippen molar-refractivity contribution < 1.29 is 9.53 Å². The lowest BCUT2D eigenvalue weighted by Crippen LogP contribution is -2.44.